The molecule has 0 unspecified atom stereocenters. The van der Waals surface area contributed by atoms with Gasteiger partial charge in [-0.05, 0) is 24.3 Å². The van der Waals surface area contributed by atoms with E-state index in [0.717, 1.165) is 0 Å². The maximum atomic E-state index is 12.5. The minimum Gasteiger partial charge on any atom is -0.383 e. The van der Waals surface area contributed by atoms with Crippen molar-refractivity contribution in [3.05, 3.63) is 30.1 Å². The molecular formula is C10H11F4NO. The minimum atomic E-state index is -4.30. The average molecular weight is 237 g/mol. The van der Waals surface area contributed by atoms with Gasteiger partial charge < -0.3 is 10.1 Å². The molecule has 2 nitrogen and oxygen atoms in total. The molecule has 1 N–H and O–H groups in total. The Morgan fingerprint density at radius 2 is 1.75 bits per heavy atom. The number of hydrogen-bond acceptors (Lipinski definition) is 2. The molecule has 0 saturated carbocycles. The van der Waals surface area contributed by atoms with Crippen molar-refractivity contribution in [2.24, 2.45) is 0 Å². The lowest BCUT2D eigenvalue weighted by atomic mass is 10.3. The fourth-order valence-electron chi connectivity index (χ4n) is 1.02. The molecular weight excluding hydrogens is 226 g/mol. The fourth-order valence-corrected chi connectivity index (χ4v) is 1.02. The van der Waals surface area contributed by atoms with Crippen LogP contribution in [0.5, 0.6) is 0 Å². The molecule has 0 aliphatic carbocycles. The molecule has 0 atom stereocenters. The predicted octanol–water partition coefficient (Wildman–Crippen LogP) is 2.82. The van der Waals surface area contributed by atoms with Crippen LogP contribution in [0.3, 0.4) is 0 Å². The Morgan fingerprint density at radius 1 is 1.12 bits per heavy atom. The van der Waals surface area contributed by atoms with E-state index >= 15 is 0 Å². The number of rotatable bonds is 5. The van der Waals surface area contributed by atoms with E-state index in [1.54, 1.807) is 0 Å². The summed E-state index contributed by atoms with van der Waals surface area (Å²) in [4.78, 5) is 0. The van der Waals surface area contributed by atoms with Gasteiger partial charge in [0.15, 0.2) is 0 Å². The lowest BCUT2D eigenvalue weighted by Gasteiger charge is -2.09. The molecule has 0 heterocycles. The summed E-state index contributed by atoms with van der Waals surface area (Å²) in [5.41, 5.74) is 0.636. The van der Waals surface area contributed by atoms with E-state index in [-0.39, 0.29) is 19.0 Å². The SMILES string of the molecule is Fc1ccc(NCCOCC(F)(F)F)cc1. The molecule has 1 rings (SSSR count). The second-order valence-electron chi connectivity index (χ2n) is 3.10. The quantitative estimate of drug-likeness (QED) is 0.628. The number of halogens is 4. The van der Waals surface area contributed by atoms with E-state index in [1.165, 1.54) is 24.3 Å². The zero-order valence-electron chi connectivity index (χ0n) is 8.35. The summed E-state index contributed by atoms with van der Waals surface area (Å²) in [6.07, 6.45) is -4.30. The third-order valence-corrected chi connectivity index (χ3v) is 1.69. The van der Waals surface area contributed by atoms with Gasteiger partial charge in [-0.1, -0.05) is 0 Å². The monoisotopic (exact) mass is 237 g/mol. The van der Waals surface area contributed by atoms with Crippen LogP contribution in [-0.4, -0.2) is 25.9 Å². The van der Waals surface area contributed by atoms with E-state index in [4.69, 9.17) is 0 Å². The molecule has 0 amide bonds. The number of alkyl halides is 3. The molecule has 0 bridgehead atoms. The number of ether oxygens (including phenoxy) is 1. The highest BCUT2D eigenvalue weighted by molar-refractivity contribution is 5.42. The Balaban J connectivity index is 2.14. The van der Waals surface area contributed by atoms with Crippen LogP contribution in [0.15, 0.2) is 24.3 Å². The number of benzene rings is 1. The molecule has 0 aliphatic heterocycles. The lowest BCUT2D eigenvalue weighted by Crippen LogP contribution is -2.20. The largest absolute Gasteiger partial charge is 0.411 e. The van der Waals surface area contributed by atoms with Crippen molar-refractivity contribution in [3.63, 3.8) is 0 Å². The van der Waals surface area contributed by atoms with Gasteiger partial charge in [-0.3, -0.25) is 0 Å². The molecule has 90 valence electrons. The van der Waals surface area contributed by atoms with E-state index in [0.29, 0.717) is 5.69 Å². The zero-order valence-corrected chi connectivity index (χ0v) is 8.35. The third kappa shape index (κ3) is 5.55. The second-order valence-corrected chi connectivity index (χ2v) is 3.10. The van der Waals surface area contributed by atoms with Crippen LogP contribution < -0.4 is 5.32 Å². The Hall–Kier alpha value is -1.30. The normalized spacial score (nSPS) is 11.5. The average Bonchev–Trinajstić information content (AvgIpc) is 2.19. The summed E-state index contributed by atoms with van der Waals surface area (Å²) < 4.78 is 51.9. The van der Waals surface area contributed by atoms with Gasteiger partial charge in [0, 0.05) is 12.2 Å². The third-order valence-electron chi connectivity index (χ3n) is 1.69. The van der Waals surface area contributed by atoms with E-state index in [9.17, 15) is 17.6 Å². The Morgan fingerprint density at radius 3 is 2.31 bits per heavy atom. The van der Waals surface area contributed by atoms with Crippen LogP contribution in [0.4, 0.5) is 23.2 Å². The first-order chi connectivity index (χ1) is 7.47. The molecule has 0 spiro atoms. The van der Waals surface area contributed by atoms with Gasteiger partial charge in [0.05, 0.1) is 6.61 Å². The van der Waals surface area contributed by atoms with Crippen LogP contribution in [-0.2, 0) is 4.74 Å². The minimum absolute atomic E-state index is 0.0586. The first-order valence-electron chi connectivity index (χ1n) is 4.61. The van der Waals surface area contributed by atoms with E-state index in [1.807, 2.05) is 0 Å². The van der Waals surface area contributed by atoms with Crippen molar-refractivity contribution in [1.82, 2.24) is 0 Å². The van der Waals surface area contributed by atoms with Crippen molar-refractivity contribution < 1.29 is 22.3 Å². The molecule has 16 heavy (non-hydrogen) atoms. The Labute approximate surface area is 90.2 Å². The number of anilines is 1. The zero-order chi connectivity index (χ0) is 12.0. The topological polar surface area (TPSA) is 21.3 Å². The standard InChI is InChI=1S/C10H11F4NO/c11-8-1-3-9(4-2-8)15-5-6-16-7-10(12,13)14/h1-4,15H,5-7H2. The van der Waals surface area contributed by atoms with Gasteiger partial charge in [0.1, 0.15) is 12.4 Å². The van der Waals surface area contributed by atoms with Gasteiger partial charge >= 0.3 is 6.18 Å². The molecule has 1 aromatic rings. The smallest absolute Gasteiger partial charge is 0.383 e. The Kier molecular flexibility index (Phi) is 4.54. The van der Waals surface area contributed by atoms with Gasteiger partial charge in [-0.25, -0.2) is 4.39 Å². The van der Waals surface area contributed by atoms with Crippen LogP contribution in [0.25, 0.3) is 0 Å². The molecule has 1 aromatic carbocycles. The maximum absolute atomic E-state index is 12.5. The number of nitrogens with one attached hydrogen (secondary N) is 1. The molecule has 0 radical (unpaired) electrons. The van der Waals surface area contributed by atoms with Gasteiger partial charge in [0.25, 0.3) is 0 Å². The summed E-state index contributed by atoms with van der Waals surface area (Å²) in [6.45, 7) is -1.07. The fraction of sp³-hybridized carbons (Fsp3) is 0.400. The molecule has 6 heteroatoms. The van der Waals surface area contributed by atoms with Crippen molar-refractivity contribution >= 4 is 5.69 Å². The summed E-state index contributed by atoms with van der Waals surface area (Å²) in [6, 6.07) is 5.52. The van der Waals surface area contributed by atoms with Gasteiger partial charge in [-0.15, -0.1) is 0 Å². The summed E-state index contributed by atoms with van der Waals surface area (Å²) in [7, 11) is 0. The Bertz CT molecular complexity index is 310. The summed E-state index contributed by atoms with van der Waals surface area (Å²) in [5.74, 6) is -0.362. The lowest BCUT2D eigenvalue weighted by molar-refractivity contribution is -0.172. The van der Waals surface area contributed by atoms with Crippen molar-refractivity contribution in [1.29, 1.82) is 0 Å². The highest BCUT2D eigenvalue weighted by Gasteiger charge is 2.27. The van der Waals surface area contributed by atoms with E-state index in [2.05, 4.69) is 10.1 Å². The molecule has 0 fully saturated rings. The van der Waals surface area contributed by atoms with Crippen LogP contribution in [0.2, 0.25) is 0 Å². The van der Waals surface area contributed by atoms with E-state index < -0.39 is 12.8 Å². The first kappa shape index (κ1) is 12.8. The highest BCUT2D eigenvalue weighted by atomic mass is 19.4. The van der Waals surface area contributed by atoms with Crippen LogP contribution >= 0.6 is 0 Å². The van der Waals surface area contributed by atoms with Crippen molar-refractivity contribution in [2.45, 2.75) is 6.18 Å². The van der Waals surface area contributed by atoms with Crippen molar-refractivity contribution in [3.8, 4) is 0 Å². The summed E-state index contributed by atoms with van der Waals surface area (Å²) in [5, 5.41) is 2.80. The second kappa shape index (κ2) is 5.69. The van der Waals surface area contributed by atoms with Gasteiger partial charge in [-0.2, -0.15) is 13.2 Å². The number of hydrogen-bond donors (Lipinski definition) is 1. The predicted molar refractivity (Wildman–Crippen MR) is 51.8 cm³/mol. The van der Waals surface area contributed by atoms with Gasteiger partial charge in [0.2, 0.25) is 0 Å². The van der Waals surface area contributed by atoms with Crippen molar-refractivity contribution in [2.75, 3.05) is 25.1 Å². The molecule has 0 aromatic heterocycles. The summed E-state index contributed by atoms with van der Waals surface area (Å²) >= 11 is 0. The van der Waals surface area contributed by atoms with Crippen LogP contribution in [0, 0.1) is 5.82 Å². The molecule has 0 aliphatic rings. The first-order valence-corrected chi connectivity index (χ1v) is 4.61. The highest BCUT2D eigenvalue weighted by Crippen LogP contribution is 2.14. The van der Waals surface area contributed by atoms with Crippen LogP contribution in [0.1, 0.15) is 0 Å². The molecule has 0 saturated heterocycles. The maximum Gasteiger partial charge on any atom is 0.411 e.